The second kappa shape index (κ2) is 7.46. The Balaban J connectivity index is 2.12. The first-order valence-corrected chi connectivity index (χ1v) is 10.5. The molecular weight excluding hydrogens is 374 g/mol. The van der Waals surface area contributed by atoms with Crippen molar-refractivity contribution in [2.24, 2.45) is 0 Å². The highest BCUT2D eigenvalue weighted by Gasteiger charge is 2.26. The van der Waals surface area contributed by atoms with Crippen molar-refractivity contribution in [1.82, 2.24) is 4.72 Å². The van der Waals surface area contributed by atoms with Crippen molar-refractivity contribution in [1.29, 1.82) is 0 Å². The van der Waals surface area contributed by atoms with Gasteiger partial charge in [0.1, 0.15) is 0 Å². The van der Waals surface area contributed by atoms with Gasteiger partial charge in [0.25, 0.3) is 0 Å². The van der Waals surface area contributed by atoms with E-state index in [1.165, 1.54) is 6.07 Å². The smallest absolute Gasteiger partial charge is 0.241 e. The van der Waals surface area contributed by atoms with E-state index in [2.05, 4.69) is 26.9 Å². The lowest BCUT2D eigenvalue weighted by Gasteiger charge is -2.28. The van der Waals surface area contributed by atoms with Crippen molar-refractivity contribution >= 4 is 37.7 Å². The monoisotopic (exact) mass is 393 g/mol. The molecule has 1 aliphatic rings. The predicted octanol–water partition coefficient (Wildman–Crippen LogP) is 2.89. The number of hydrogen-bond donors (Lipinski definition) is 2. The maximum atomic E-state index is 12.5. The normalized spacial score (nSPS) is 23.2. The van der Waals surface area contributed by atoms with Crippen LogP contribution in [0, 0.1) is 0 Å². The van der Waals surface area contributed by atoms with Gasteiger partial charge >= 0.3 is 0 Å². The lowest BCUT2D eigenvalue weighted by atomic mass is 9.96. The van der Waals surface area contributed by atoms with Gasteiger partial charge in [-0.2, -0.15) is 11.8 Å². The highest BCUT2D eigenvalue weighted by Crippen LogP contribution is 2.29. The summed E-state index contributed by atoms with van der Waals surface area (Å²) >= 11 is 5.13. The Bertz CT molecular complexity index is 584. The Labute approximate surface area is 138 Å². The number of hydrogen-bond acceptors (Lipinski definition) is 4. The molecule has 1 aromatic carbocycles. The third-order valence-corrected chi connectivity index (χ3v) is 7.45. The zero-order valence-corrected chi connectivity index (χ0v) is 15.1. The zero-order valence-electron chi connectivity index (χ0n) is 11.9. The summed E-state index contributed by atoms with van der Waals surface area (Å²) in [6.45, 7) is -0.172. The molecule has 2 N–H and O–H groups in total. The van der Waals surface area contributed by atoms with Gasteiger partial charge in [-0.1, -0.05) is 6.07 Å². The highest BCUT2D eigenvalue weighted by atomic mass is 79.9. The molecule has 1 aromatic rings. The van der Waals surface area contributed by atoms with Crippen LogP contribution in [0.3, 0.4) is 0 Å². The van der Waals surface area contributed by atoms with Crippen LogP contribution in [0.25, 0.3) is 0 Å². The Morgan fingerprint density at radius 2 is 2.00 bits per heavy atom. The lowest BCUT2D eigenvalue weighted by molar-refractivity contribution is 0.281. The predicted molar refractivity (Wildman–Crippen MR) is 89.9 cm³/mol. The third-order valence-electron chi connectivity index (χ3n) is 3.80. The van der Waals surface area contributed by atoms with E-state index in [0.717, 1.165) is 25.7 Å². The van der Waals surface area contributed by atoms with Crippen LogP contribution in [0.2, 0.25) is 0 Å². The van der Waals surface area contributed by atoms with Crippen LogP contribution in [0.15, 0.2) is 27.6 Å². The molecule has 4 nitrogen and oxygen atoms in total. The molecule has 1 fully saturated rings. The van der Waals surface area contributed by atoms with Gasteiger partial charge in [-0.15, -0.1) is 0 Å². The van der Waals surface area contributed by atoms with Crippen molar-refractivity contribution in [2.45, 2.75) is 48.5 Å². The summed E-state index contributed by atoms with van der Waals surface area (Å²) in [5, 5.41) is 9.81. The molecule has 0 aliphatic heterocycles. The Morgan fingerprint density at radius 3 is 2.57 bits per heavy atom. The first-order valence-electron chi connectivity index (χ1n) is 6.90. The Hall–Kier alpha value is -0.0800. The molecular formula is C14H20BrNO3S2. The van der Waals surface area contributed by atoms with Gasteiger partial charge in [0.05, 0.1) is 11.5 Å². The van der Waals surface area contributed by atoms with Crippen LogP contribution in [-0.4, -0.2) is 31.1 Å². The van der Waals surface area contributed by atoms with Crippen LogP contribution < -0.4 is 4.72 Å². The summed E-state index contributed by atoms with van der Waals surface area (Å²) in [5.41, 5.74) is 0.588. The molecule has 7 heteroatoms. The summed E-state index contributed by atoms with van der Waals surface area (Å²) in [5.74, 6) is 0. The molecule has 0 radical (unpaired) electrons. The molecule has 0 spiro atoms. The van der Waals surface area contributed by atoms with Crippen LogP contribution in [-0.2, 0) is 16.6 Å². The van der Waals surface area contributed by atoms with Crippen molar-refractivity contribution in [3.8, 4) is 0 Å². The van der Waals surface area contributed by atoms with E-state index in [1.54, 1.807) is 12.1 Å². The fraction of sp³-hybridized carbons (Fsp3) is 0.571. The minimum atomic E-state index is -3.56. The number of thioether (sulfide) groups is 1. The van der Waals surface area contributed by atoms with Gasteiger partial charge < -0.3 is 5.11 Å². The number of rotatable bonds is 5. The van der Waals surface area contributed by atoms with Gasteiger partial charge in [0, 0.05) is 15.8 Å². The molecule has 0 atom stereocenters. The fourth-order valence-corrected chi connectivity index (χ4v) is 5.61. The second-order valence-corrected chi connectivity index (χ2v) is 8.93. The van der Waals surface area contributed by atoms with E-state index in [4.69, 9.17) is 5.11 Å². The minimum Gasteiger partial charge on any atom is -0.392 e. The van der Waals surface area contributed by atoms with Crippen molar-refractivity contribution < 1.29 is 13.5 Å². The van der Waals surface area contributed by atoms with Crippen LogP contribution in [0.1, 0.15) is 31.2 Å². The van der Waals surface area contributed by atoms with E-state index in [9.17, 15) is 8.42 Å². The molecule has 0 amide bonds. The van der Waals surface area contributed by atoms with Crippen LogP contribution in [0.5, 0.6) is 0 Å². The second-order valence-electron chi connectivity index (χ2n) is 5.25. The highest BCUT2D eigenvalue weighted by molar-refractivity contribution is 9.10. The summed E-state index contributed by atoms with van der Waals surface area (Å²) in [7, 11) is -3.56. The van der Waals surface area contributed by atoms with Gasteiger partial charge in [0.2, 0.25) is 10.0 Å². The van der Waals surface area contributed by atoms with E-state index in [-0.39, 0.29) is 17.5 Å². The molecule has 0 aromatic heterocycles. The summed E-state index contributed by atoms with van der Waals surface area (Å²) in [6, 6.07) is 4.88. The standard InChI is InChI=1S/C14H20BrNO3S2/c1-20-12-5-3-11(4-6-12)16-21(18,19)14-8-10(9-17)2-7-13(14)15/h2,7-8,11-12,16-17H,3-6,9H2,1H3. The van der Waals surface area contributed by atoms with Gasteiger partial charge in [0.15, 0.2) is 0 Å². The average Bonchev–Trinajstić information content (AvgIpc) is 2.48. The molecule has 0 bridgehead atoms. The Kier molecular flexibility index (Phi) is 6.14. The van der Waals surface area contributed by atoms with Gasteiger partial charge in [-0.05, 0) is 65.6 Å². The molecule has 0 unspecified atom stereocenters. The SMILES string of the molecule is CSC1CCC(NS(=O)(=O)c2cc(CO)ccc2Br)CC1. The largest absolute Gasteiger partial charge is 0.392 e. The number of halogens is 1. The average molecular weight is 394 g/mol. The number of sulfonamides is 1. The van der Waals surface area contributed by atoms with Crippen LogP contribution in [0.4, 0.5) is 0 Å². The maximum Gasteiger partial charge on any atom is 0.241 e. The van der Waals surface area contributed by atoms with Gasteiger partial charge in [-0.25, -0.2) is 13.1 Å². The molecule has 21 heavy (non-hydrogen) atoms. The van der Waals surface area contributed by atoms with Crippen molar-refractivity contribution in [3.63, 3.8) is 0 Å². The summed E-state index contributed by atoms with van der Waals surface area (Å²) in [6.07, 6.45) is 5.95. The number of benzene rings is 1. The van der Waals surface area contributed by atoms with Gasteiger partial charge in [-0.3, -0.25) is 0 Å². The number of aliphatic hydroxyl groups is 1. The maximum absolute atomic E-state index is 12.5. The molecule has 0 saturated heterocycles. The fourth-order valence-electron chi connectivity index (χ4n) is 2.55. The summed E-state index contributed by atoms with van der Waals surface area (Å²) < 4.78 is 28.3. The lowest BCUT2D eigenvalue weighted by Crippen LogP contribution is -2.38. The molecule has 0 heterocycles. The Morgan fingerprint density at radius 1 is 1.33 bits per heavy atom. The van der Waals surface area contributed by atoms with E-state index >= 15 is 0 Å². The van der Waals surface area contributed by atoms with E-state index in [0.29, 0.717) is 15.3 Å². The first kappa shape index (κ1) is 17.3. The molecule has 2 rings (SSSR count). The number of aliphatic hydroxyl groups excluding tert-OH is 1. The van der Waals surface area contributed by atoms with Crippen LogP contribution >= 0.6 is 27.7 Å². The van der Waals surface area contributed by atoms with E-state index in [1.807, 2.05) is 11.8 Å². The van der Waals surface area contributed by atoms with Crippen molar-refractivity contribution in [3.05, 3.63) is 28.2 Å². The molecule has 1 aliphatic carbocycles. The quantitative estimate of drug-likeness (QED) is 0.806. The van der Waals surface area contributed by atoms with Crippen molar-refractivity contribution in [2.75, 3.05) is 6.26 Å². The molecule has 1 saturated carbocycles. The number of nitrogens with one attached hydrogen (secondary N) is 1. The topological polar surface area (TPSA) is 66.4 Å². The molecule has 118 valence electrons. The third kappa shape index (κ3) is 4.45. The zero-order chi connectivity index (χ0) is 15.5. The summed E-state index contributed by atoms with van der Waals surface area (Å²) in [4.78, 5) is 0.195. The minimum absolute atomic E-state index is 0.00285. The first-order chi connectivity index (χ1) is 9.96. The van der Waals surface area contributed by atoms with E-state index < -0.39 is 10.0 Å².